The molecular formula is C17H15NO2S. The maximum atomic E-state index is 12.1. The van der Waals surface area contributed by atoms with E-state index in [1.165, 1.54) is 23.3 Å². The van der Waals surface area contributed by atoms with Gasteiger partial charge in [-0.05, 0) is 55.0 Å². The highest BCUT2D eigenvalue weighted by Crippen LogP contribution is 2.30. The molecule has 0 spiro atoms. The topological polar surface area (TPSA) is 50.1 Å². The Morgan fingerprint density at radius 3 is 2.71 bits per heavy atom. The van der Waals surface area contributed by atoms with Gasteiger partial charge in [-0.15, -0.1) is 11.3 Å². The standard InChI is InChI=1S/C17H15NO2S/c18-10-12-5-7-13(8-6-12)11-20-17(19)16-9-14-3-1-2-4-15(14)21-16/h5-9H,1-4,11H2. The Bertz CT molecular complexity index is 671. The Hall–Kier alpha value is -2.12. The van der Waals surface area contributed by atoms with E-state index in [9.17, 15) is 4.79 Å². The van der Waals surface area contributed by atoms with Crippen LogP contribution in [0.5, 0.6) is 0 Å². The summed E-state index contributed by atoms with van der Waals surface area (Å²) >= 11 is 1.57. The largest absolute Gasteiger partial charge is 0.457 e. The highest BCUT2D eigenvalue weighted by molar-refractivity contribution is 7.14. The summed E-state index contributed by atoms with van der Waals surface area (Å²) in [5.74, 6) is -0.251. The SMILES string of the molecule is N#Cc1ccc(COC(=O)c2cc3c(s2)CCCC3)cc1. The normalized spacial score (nSPS) is 13.3. The smallest absolute Gasteiger partial charge is 0.348 e. The van der Waals surface area contributed by atoms with Gasteiger partial charge in [-0.3, -0.25) is 0 Å². The van der Waals surface area contributed by atoms with Crippen molar-refractivity contribution in [3.05, 3.63) is 56.8 Å². The molecule has 1 aliphatic carbocycles. The summed E-state index contributed by atoms with van der Waals surface area (Å²) < 4.78 is 5.35. The Labute approximate surface area is 127 Å². The number of benzene rings is 1. The zero-order valence-corrected chi connectivity index (χ0v) is 12.4. The van der Waals surface area contributed by atoms with E-state index in [1.54, 1.807) is 23.5 Å². The minimum atomic E-state index is -0.251. The fourth-order valence-electron chi connectivity index (χ4n) is 2.49. The molecule has 4 heteroatoms. The molecule has 21 heavy (non-hydrogen) atoms. The predicted octanol–water partition coefficient (Wildman–Crippen LogP) is 3.86. The van der Waals surface area contributed by atoms with E-state index in [-0.39, 0.29) is 12.6 Å². The van der Waals surface area contributed by atoms with Gasteiger partial charge in [0.1, 0.15) is 11.5 Å². The predicted molar refractivity (Wildman–Crippen MR) is 81.2 cm³/mol. The van der Waals surface area contributed by atoms with Gasteiger partial charge in [0.2, 0.25) is 0 Å². The third-order valence-corrected chi connectivity index (χ3v) is 4.87. The Kier molecular flexibility index (Phi) is 4.03. The summed E-state index contributed by atoms with van der Waals surface area (Å²) in [5, 5.41) is 8.74. The van der Waals surface area contributed by atoms with Crippen LogP contribution in [-0.4, -0.2) is 5.97 Å². The second-order valence-corrected chi connectivity index (χ2v) is 6.29. The maximum absolute atomic E-state index is 12.1. The van der Waals surface area contributed by atoms with Gasteiger partial charge in [0.25, 0.3) is 0 Å². The first kappa shape index (κ1) is 13.8. The molecule has 0 saturated heterocycles. The fraction of sp³-hybridized carbons (Fsp3) is 0.294. The highest BCUT2D eigenvalue weighted by atomic mass is 32.1. The number of nitriles is 1. The van der Waals surface area contributed by atoms with Crippen molar-refractivity contribution in [2.45, 2.75) is 32.3 Å². The second-order valence-electron chi connectivity index (χ2n) is 5.15. The minimum Gasteiger partial charge on any atom is -0.457 e. The zero-order valence-electron chi connectivity index (χ0n) is 11.6. The molecule has 0 aliphatic heterocycles. The number of carbonyl (C=O) groups excluding carboxylic acids is 1. The average molecular weight is 297 g/mol. The first-order valence-corrected chi connectivity index (χ1v) is 7.85. The van der Waals surface area contributed by atoms with Crippen LogP contribution in [0.25, 0.3) is 0 Å². The van der Waals surface area contributed by atoms with E-state index >= 15 is 0 Å². The molecule has 0 unspecified atom stereocenters. The fourth-order valence-corrected chi connectivity index (χ4v) is 3.63. The van der Waals surface area contributed by atoms with Gasteiger partial charge in [0, 0.05) is 4.88 Å². The summed E-state index contributed by atoms with van der Waals surface area (Å²) in [6.07, 6.45) is 4.59. The molecule has 106 valence electrons. The van der Waals surface area contributed by atoms with E-state index in [0.717, 1.165) is 18.4 Å². The molecule has 0 bridgehead atoms. The van der Waals surface area contributed by atoms with Crippen LogP contribution in [0.1, 0.15) is 44.1 Å². The number of aryl methyl sites for hydroxylation is 2. The lowest BCUT2D eigenvalue weighted by Crippen LogP contribution is -2.03. The number of rotatable bonds is 3. The Morgan fingerprint density at radius 2 is 2.00 bits per heavy atom. The molecule has 0 N–H and O–H groups in total. The van der Waals surface area contributed by atoms with Gasteiger partial charge < -0.3 is 4.74 Å². The van der Waals surface area contributed by atoms with Crippen LogP contribution < -0.4 is 0 Å². The van der Waals surface area contributed by atoms with Crippen molar-refractivity contribution in [2.24, 2.45) is 0 Å². The number of nitrogens with zero attached hydrogens (tertiary/aromatic N) is 1. The third-order valence-electron chi connectivity index (χ3n) is 3.65. The molecule has 1 aromatic heterocycles. The molecule has 3 rings (SSSR count). The van der Waals surface area contributed by atoms with Crippen LogP contribution in [0.3, 0.4) is 0 Å². The number of ether oxygens (including phenoxy) is 1. The monoisotopic (exact) mass is 297 g/mol. The first-order valence-electron chi connectivity index (χ1n) is 7.04. The van der Waals surface area contributed by atoms with Crippen molar-refractivity contribution in [3.63, 3.8) is 0 Å². The van der Waals surface area contributed by atoms with Crippen molar-refractivity contribution in [1.82, 2.24) is 0 Å². The van der Waals surface area contributed by atoms with Crippen LogP contribution in [0, 0.1) is 11.3 Å². The molecule has 1 heterocycles. The number of hydrogen-bond donors (Lipinski definition) is 0. The van der Waals surface area contributed by atoms with Crippen molar-refractivity contribution in [3.8, 4) is 6.07 Å². The Balaban J connectivity index is 1.63. The number of fused-ring (bicyclic) bond motifs is 1. The maximum Gasteiger partial charge on any atom is 0.348 e. The van der Waals surface area contributed by atoms with Crippen LogP contribution >= 0.6 is 11.3 Å². The Morgan fingerprint density at radius 1 is 1.24 bits per heavy atom. The summed E-state index contributed by atoms with van der Waals surface area (Å²) in [6.45, 7) is 0.243. The van der Waals surface area contributed by atoms with Gasteiger partial charge in [0.05, 0.1) is 11.6 Å². The van der Waals surface area contributed by atoms with Crippen molar-refractivity contribution in [2.75, 3.05) is 0 Å². The molecule has 0 radical (unpaired) electrons. The van der Waals surface area contributed by atoms with E-state index < -0.39 is 0 Å². The number of thiophene rings is 1. The summed E-state index contributed by atoms with van der Waals surface area (Å²) in [7, 11) is 0. The molecular weight excluding hydrogens is 282 g/mol. The quantitative estimate of drug-likeness (QED) is 0.808. The number of hydrogen-bond acceptors (Lipinski definition) is 4. The van der Waals surface area contributed by atoms with Gasteiger partial charge in [-0.2, -0.15) is 5.26 Å². The van der Waals surface area contributed by atoms with Crippen molar-refractivity contribution < 1.29 is 9.53 Å². The molecule has 0 amide bonds. The van der Waals surface area contributed by atoms with Crippen molar-refractivity contribution >= 4 is 17.3 Å². The average Bonchev–Trinajstić information content (AvgIpc) is 2.97. The van der Waals surface area contributed by atoms with Gasteiger partial charge in [-0.25, -0.2) is 4.79 Å². The summed E-state index contributed by atoms with van der Waals surface area (Å²) in [4.78, 5) is 14.1. The highest BCUT2D eigenvalue weighted by Gasteiger charge is 2.18. The number of carbonyl (C=O) groups is 1. The molecule has 0 atom stereocenters. The lowest BCUT2D eigenvalue weighted by molar-refractivity contribution is 0.0478. The van der Waals surface area contributed by atoms with Crippen molar-refractivity contribution in [1.29, 1.82) is 5.26 Å². The van der Waals surface area contributed by atoms with Gasteiger partial charge in [-0.1, -0.05) is 12.1 Å². The summed E-state index contributed by atoms with van der Waals surface area (Å²) in [5.41, 5.74) is 2.82. The van der Waals surface area contributed by atoms with E-state index in [1.807, 2.05) is 18.2 Å². The van der Waals surface area contributed by atoms with Crippen LogP contribution in [0.2, 0.25) is 0 Å². The lowest BCUT2D eigenvalue weighted by atomic mass is 9.99. The second kappa shape index (κ2) is 6.11. The van der Waals surface area contributed by atoms with E-state index in [2.05, 4.69) is 6.07 Å². The molecule has 0 fully saturated rings. The molecule has 1 aromatic carbocycles. The first-order chi connectivity index (χ1) is 10.3. The van der Waals surface area contributed by atoms with Crippen LogP contribution in [0.15, 0.2) is 30.3 Å². The molecule has 2 aromatic rings. The van der Waals surface area contributed by atoms with Gasteiger partial charge >= 0.3 is 5.97 Å². The minimum absolute atomic E-state index is 0.243. The van der Waals surface area contributed by atoms with Crippen LogP contribution in [-0.2, 0) is 24.2 Å². The lowest BCUT2D eigenvalue weighted by Gasteiger charge is -2.08. The van der Waals surface area contributed by atoms with E-state index in [0.29, 0.717) is 10.4 Å². The van der Waals surface area contributed by atoms with Gasteiger partial charge in [0.15, 0.2) is 0 Å². The molecule has 3 nitrogen and oxygen atoms in total. The van der Waals surface area contributed by atoms with Crippen LogP contribution in [0.4, 0.5) is 0 Å². The van der Waals surface area contributed by atoms with E-state index in [4.69, 9.17) is 10.00 Å². The molecule has 0 saturated carbocycles. The number of esters is 1. The summed E-state index contributed by atoms with van der Waals surface area (Å²) in [6, 6.07) is 11.1. The zero-order chi connectivity index (χ0) is 14.7. The molecule has 1 aliphatic rings. The third kappa shape index (κ3) is 3.14.